The zero-order chi connectivity index (χ0) is 22.9. The van der Waals surface area contributed by atoms with Crippen molar-refractivity contribution >= 4 is 15.9 Å². The van der Waals surface area contributed by atoms with Gasteiger partial charge in [-0.15, -0.1) is 0 Å². The van der Waals surface area contributed by atoms with Crippen LogP contribution in [0.4, 0.5) is 4.39 Å². The molecule has 172 valence electrons. The van der Waals surface area contributed by atoms with Crippen molar-refractivity contribution in [3.8, 4) is 0 Å². The second kappa shape index (κ2) is 8.94. The van der Waals surface area contributed by atoms with Gasteiger partial charge in [0.15, 0.2) is 0 Å². The maximum Gasteiger partial charge on any atom is 0.243 e. The molecule has 1 amide bonds. The van der Waals surface area contributed by atoms with E-state index in [1.165, 1.54) is 16.4 Å². The van der Waals surface area contributed by atoms with Crippen LogP contribution < -0.4 is 5.32 Å². The first-order valence-electron chi connectivity index (χ1n) is 11.4. The normalized spacial score (nSPS) is 19.7. The van der Waals surface area contributed by atoms with Gasteiger partial charge in [0.25, 0.3) is 0 Å². The number of benzene rings is 2. The summed E-state index contributed by atoms with van der Waals surface area (Å²) in [5, 5.41) is 3.27. The number of piperidine rings is 1. The van der Waals surface area contributed by atoms with Gasteiger partial charge < -0.3 is 5.32 Å². The monoisotopic (exact) mass is 458 g/mol. The fourth-order valence-electron chi connectivity index (χ4n) is 5.16. The molecule has 0 radical (unpaired) electrons. The third-order valence-corrected chi connectivity index (χ3v) is 9.05. The number of aryl methyl sites for hydroxylation is 2. The van der Waals surface area contributed by atoms with Crippen LogP contribution in [0.2, 0.25) is 0 Å². The van der Waals surface area contributed by atoms with Gasteiger partial charge in [-0.05, 0) is 68.9 Å². The minimum atomic E-state index is -3.57. The Labute approximate surface area is 190 Å². The van der Waals surface area contributed by atoms with E-state index in [-0.39, 0.29) is 17.6 Å². The topological polar surface area (TPSA) is 66.5 Å². The molecule has 1 heterocycles. The van der Waals surface area contributed by atoms with E-state index in [9.17, 15) is 17.6 Å². The largest absolute Gasteiger partial charge is 0.346 e. The van der Waals surface area contributed by atoms with Gasteiger partial charge >= 0.3 is 0 Å². The molecule has 0 spiro atoms. The molecule has 1 aliphatic heterocycles. The average Bonchev–Trinajstić information content (AvgIpc) is 3.23. The van der Waals surface area contributed by atoms with Crippen molar-refractivity contribution in [1.82, 2.24) is 9.62 Å². The molecule has 2 aliphatic rings. The number of nitrogens with zero attached hydrogens (tertiary/aromatic N) is 1. The van der Waals surface area contributed by atoms with Crippen LogP contribution in [0, 0.1) is 25.6 Å². The average molecular weight is 459 g/mol. The Morgan fingerprint density at radius 1 is 1.03 bits per heavy atom. The highest BCUT2D eigenvalue weighted by atomic mass is 32.2. The van der Waals surface area contributed by atoms with Gasteiger partial charge in [0.05, 0.1) is 10.4 Å². The van der Waals surface area contributed by atoms with E-state index in [0.29, 0.717) is 30.8 Å². The quantitative estimate of drug-likeness (QED) is 0.721. The number of carbonyl (C=O) groups excluding carboxylic acids is 1. The summed E-state index contributed by atoms with van der Waals surface area (Å²) in [5.41, 5.74) is 2.26. The van der Waals surface area contributed by atoms with E-state index >= 15 is 0 Å². The lowest BCUT2D eigenvalue weighted by atomic mass is 9.86. The van der Waals surface area contributed by atoms with E-state index in [2.05, 4.69) is 5.32 Å². The molecule has 5 nitrogen and oxygen atoms in total. The number of nitrogens with one attached hydrogen (secondary N) is 1. The van der Waals surface area contributed by atoms with Crippen LogP contribution >= 0.6 is 0 Å². The summed E-state index contributed by atoms with van der Waals surface area (Å²) in [5.74, 6) is -0.538. The highest BCUT2D eigenvalue weighted by Gasteiger charge is 2.40. The van der Waals surface area contributed by atoms with Crippen LogP contribution in [0.3, 0.4) is 0 Å². The summed E-state index contributed by atoms with van der Waals surface area (Å²) in [7, 11) is -3.57. The van der Waals surface area contributed by atoms with Gasteiger partial charge in [-0.2, -0.15) is 4.31 Å². The van der Waals surface area contributed by atoms with Crippen molar-refractivity contribution in [2.45, 2.75) is 62.8 Å². The van der Waals surface area contributed by atoms with E-state index in [0.717, 1.165) is 42.4 Å². The highest BCUT2D eigenvalue weighted by Crippen LogP contribution is 2.39. The maximum atomic E-state index is 13.4. The summed E-state index contributed by atoms with van der Waals surface area (Å²) in [4.78, 5) is 13.5. The molecule has 1 saturated carbocycles. The number of rotatable bonds is 5. The third kappa shape index (κ3) is 4.46. The Morgan fingerprint density at radius 3 is 2.25 bits per heavy atom. The van der Waals surface area contributed by atoms with Crippen LogP contribution in [0.25, 0.3) is 0 Å². The van der Waals surface area contributed by atoms with Crippen molar-refractivity contribution in [3.05, 3.63) is 65.0 Å². The number of carbonyl (C=O) groups is 1. The zero-order valence-corrected chi connectivity index (χ0v) is 19.6. The molecule has 32 heavy (non-hydrogen) atoms. The van der Waals surface area contributed by atoms with E-state index in [4.69, 9.17) is 0 Å². The number of hydrogen-bond acceptors (Lipinski definition) is 3. The fraction of sp³-hybridized carbons (Fsp3) is 0.480. The van der Waals surface area contributed by atoms with Gasteiger partial charge in [0.2, 0.25) is 15.9 Å². The Hall–Kier alpha value is -2.25. The number of amides is 1. The molecule has 0 atom stereocenters. The molecule has 7 heteroatoms. The van der Waals surface area contributed by atoms with Gasteiger partial charge in [-0.3, -0.25) is 4.79 Å². The molecule has 0 unspecified atom stereocenters. The molecule has 2 fully saturated rings. The van der Waals surface area contributed by atoms with Crippen molar-refractivity contribution in [1.29, 1.82) is 0 Å². The number of halogens is 1. The third-order valence-electron chi connectivity index (χ3n) is 6.99. The Balaban J connectivity index is 1.43. The molecular weight excluding hydrogens is 427 g/mol. The minimum absolute atomic E-state index is 0.0280. The highest BCUT2D eigenvalue weighted by molar-refractivity contribution is 7.89. The summed E-state index contributed by atoms with van der Waals surface area (Å²) in [6, 6.07) is 11.8. The van der Waals surface area contributed by atoms with Crippen LogP contribution in [0.1, 0.15) is 55.2 Å². The molecule has 1 saturated heterocycles. The standard InChI is InChI=1S/C25H31FN2O3S/c1-18-5-10-23(19(2)17-18)32(30,31)28-15-11-20(12-16-28)24(29)27-25(13-3-4-14-25)21-6-8-22(26)9-7-21/h5-10,17,20H,3-4,11-16H2,1-2H3,(H,27,29). The summed E-state index contributed by atoms with van der Waals surface area (Å²) < 4.78 is 41.2. The Bertz CT molecular complexity index is 1080. The lowest BCUT2D eigenvalue weighted by Gasteiger charge is -2.35. The van der Waals surface area contributed by atoms with Crippen LogP contribution in [0.15, 0.2) is 47.4 Å². The molecule has 2 aromatic rings. The first kappa shape index (κ1) is 22.9. The van der Waals surface area contributed by atoms with E-state index in [1.807, 2.05) is 26.0 Å². The first-order valence-corrected chi connectivity index (χ1v) is 12.8. The predicted molar refractivity (Wildman–Crippen MR) is 122 cm³/mol. The maximum absolute atomic E-state index is 13.4. The second-order valence-corrected chi connectivity index (χ2v) is 11.1. The van der Waals surface area contributed by atoms with Crippen molar-refractivity contribution < 1.29 is 17.6 Å². The lowest BCUT2D eigenvalue weighted by Crippen LogP contribution is -2.49. The number of sulfonamides is 1. The van der Waals surface area contributed by atoms with Gasteiger partial charge in [0, 0.05) is 19.0 Å². The van der Waals surface area contributed by atoms with Crippen molar-refractivity contribution in [2.75, 3.05) is 13.1 Å². The second-order valence-electron chi connectivity index (χ2n) is 9.23. The zero-order valence-electron chi connectivity index (χ0n) is 18.7. The first-order chi connectivity index (χ1) is 15.2. The molecule has 0 aromatic heterocycles. The van der Waals surface area contributed by atoms with Crippen LogP contribution in [-0.4, -0.2) is 31.7 Å². The van der Waals surface area contributed by atoms with E-state index < -0.39 is 15.6 Å². The minimum Gasteiger partial charge on any atom is -0.346 e. The lowest BCUT2D eigenvalue weighted by molar-refractivity contribution is -0.128. The van der Waals surface area contributed by atoms with Gasteiger partial charge in [-0.1, -0.05) is 42.7 Å². The van der Waals surface area contributed by atoms with Crippen LogP contribution in [-0.2, 0) is 20.4 Å². The van der Waals surface area contributed by atoms with Gasteiger partial charge in [0.1, 0.15) is 5.82 Å². The van der Waals surface area contributed by atoms with Crippen molar-refractivity contribution in [2.24, 2.45) is 5.92 Å². The van der Waals surface area contributed by atoms with E-state index in [1.54, 1.807) is 18.2 Å². The smallest absolute Gasteiger partial charge is 0.243 e. The summed E-state index contributed by atoms with van der Waals surface area (Å²) in [6.07, 6.45) is 4.70. The summed E-state index contributed by atoms with van der Waals surface area (Å²) in [6.45, 7) is 4.42. The number of hydrogen-bond donors (Lipinski definition) is 1. The van der Waals surface area contributed by atoms with Crippen LogP contribution in [0.5, 0.6) is 0 Å². The summed E-state index contributed by atoms with van der Waals surface area (Å²) >= 11 is 0. The molecule has 1 N–H and O–H groups in total. The molecule has 0 bridgehead atoms. The molecule has 1 aliphatic carbocycles. The van der Waals surface area contributed by atoms with Gasteiger partial charge in [-0.25, -0.2) is 12.8 Å². The molecule has 2 aromatic carbocycles. The Morgan fingerprint density at radius 2 is 1.66 bits per heavy atom. The van der Waals surface area contributed by atoms with Crippen molar-refractivity contribution in [3.63, 3.8) is 0 Å². The Kier molecular flexibility index (Phi) is 6.41. The fourth-order valence-corrected chi connectivity index (χ4v) is 6.83. The predicted octanol–water partition coefficient (Wildman–Crippen LogP) is 4.43. The molecule has 4 rings (SSSR count). The SMILES string of the molecule is Cc1ccc(S(=O)(=O)N2CCC(C(=O)NC3(c4ccc(F)cc4)CCCC3)CC2)c(C)c1. The molecular formula is C25H31FN2O3S.